The predicted octanol–water partition coefficient (Wildman–Crippen LogP) is 6.08. The van der Waals surface area contributed by atoms with E-state index in [9.17, 15) is 10.1 Å². The molecule has 0 aliphatic rings. The number of rotatable bonds is 9. The Morgan fingerprint density at radius 1 is 1.18 bits per heavy atom. The minimum Gasteiger partial charge on any atom is -0.496 e. The largest absolute Gasteiger partial charge is 0.496 e. The molecule has 4 rings (SSSR count). The van der Waals surface area contributed by atoms with Crippen molar-refractivity contribution < 1.29 is 18.8 Å². The number of nitro groups is 1. The third-order valence-electron chi connectivity index (χ3n) is 5.18. The summed E-state index contributed by atoms with van der Waals surface area (Å²) in [6, 6.07) is 10.8. The molecule has 0 bridgehead atoms. The molecule has 0 saturated carbocycles. The third kappa shape index (κ3) is 4.43. The van der Waals surface area contributed by atoms with Gasteiger partial charge in [0, 0.05) is 16.1 Å². The summed E-state index contributed by atoms with van der Waals surface area (Å²) >= 11 is 3.37. The van der Waals surface area contributed by atoms with E-state index in [1.54, 1.807) is 37.4 Å². The van der Waals surface area contributed by atoms with Crippen molar-refractivity contribution in [1.82, 2.24) is 14.6 Å². The van der Waals surface area contributed by atoms with Gasteiger partial charge in [-0.25, -0.2) is 0 Å². The van der Waals surface area contributed by atoms with E-state index < -0.39 is 4.92 Å². The van der Waals surface area contributed by atoms with E-state index in [-0.39, 0.29) is 23.2 Å². The molecular formula is C23H23BrN4O5. The molecule has 2 heterocycles. The average Bonchev–Trinajstić information content (AvgIpc) is 3.36. The first kappa shape index (κ1) is 22.8. The lowest BCUT2D eigenvalue weighted by molar-refractivity contribution is -0.390. The zero-order chi connectivity index (χ0) is 23.5. The van der Waals surface area contributed by atoms with Crippen LogP contribution in [0.4, 0.5) is 5.82 Å². The molecular weight excluding hydrogens is 492 g/mol. The van der Waals surface area contributed by atoms with Crippen molar-refractivity contribution in [1.29, 1.82) is 0 Å². The number of benzene rings is 2. The van der Waals surface area contributed by atoms with Crippen LogP contribution in [-0.2, 0) is 6.42 Å². The van der Waals surface area contributed by atoms with Crippen molar-refractivity contribution >= 4 is 27.6 Å². The standard InChI is InChI=1S/C23H23BrN4O5/c1-4-6-7-15-12-17(19(32-5-2)13-18(15)31-3)21-26-27-22(28(29)30)20(25-23(27)33-21)14-8-10-16(24)11-9-14/h8-13H,4-7H2,1-3H3. The first-order valence-corrected chi connectivity index (χ1v) is 11.4. The maximum atomic E-state index is 11.9. The number of fused-ring (bicyclic) bond motifs is 1. The van der Waals surface area contributed by atoms with E-state index in [0.29, 0.717) is 23.5 Å². The van der Waals surface area contributed by atoms with Gasteiger partial charge >= 0.3 is 11.7 Å². The molecule has 0 fully saturated rings. The van der Waals surface area contributed by atoms with Gasteiger partial charge in [0.05, 0.1) is 19.3 Å². The van der Waals surface area contributed by atoms with Gasteiger partial charge in [-0.3, -0.25) is 0 Å². The zero-order valence-electron chi connectivity index (χ0n) is 18.5. The summed E-state index contributed by atoms with van der Waals surface area (Å²) in [6.45, 7) is 4.42. The van der Waals surface area contributed by atoms with Crippen LogP contribution in [0.5, 0.6) is 11.5 Å². The van der Waals surface area contributed by atoms with Crippen molar-refractivity contribution in [2.45, 2.75) is 33.1 Å². The lowest BCUT2D eigenvalue weighted by Gasteiger charge is -2.14. The van der Waals surface area contributed by atoms with E-state index in [1.165, 1.54) is 0 Å². The minimum absolute atomic E-state index is 0.0305. The Morgan fingerprint density at radius 3 is 2.58 bits per heavy atom. The number of methoxy groups -OCH3 is 1. The number of imidazole rings is 1. The Kier molecular flexibility index (Phi) is 6.64. The summed E-state index contributed by atoms with van der Waals surface area (Å²) in [7, 11) is 1.62. The molecule has 2 aromatic carbocycles. The molecule has 0 spiro atoms. The fourth-order valence-electron chi connectivity index (χ4n) is 3.61. The van der Waals surface area contributed by atoms with Gasteiger partial charge in [-0.15, -0.1) is 0 Å². The van der Waals surface area contributed by atoms with Crippen molar-refractivity contribution in [3.63, 3.8) is 0 Å². The van der Waals surface area contributed by atoms with E-state index in [2.05, 4.69) is 32.9 Å². The van der Waals surface area contributed by atoms with Gasteiger partial charge in [-0.1, -0.05) is 41.4 Å². The number of nitrogens with zero attached hydrogens (tertiary/aromatic N) is 4. The minimum atomic E-state index is -0.506. The third-order valence-corrected chi connectivity index (χ3v) is 5.71. The van der Waals surface area contributed by atoms with Gasteiger partial charge in [-0.05, 0) is 58.1 Å². The highest BCUT2D eigenvalue weighted by molar-refractivity contribution is 9.10. The van der Waals surface area contributed by atoms with E-state index >= 15 is 0 Å². The number of aryl methyl sites for hydroxylation is 1. The van der Waals surface area contributed by atoms with Gasteiger partial charge in [0.1, 0.15) is 11.5 Å². The summed E-state index contributed by atoms with van der Waals surface area (Å²) in [4.78, 5) is 15.8. The first-order chi connectivity index (χ1) is 16.0. The molecule has 0 amide bonds. The second kappa shape index (κ2) is 9.62. The lowest BCUT2D eigenvalue weighted by Crippen LogP contribution is -2.00. The molecule has 0 unspecified atom stereocenters. The maximum absolute atomic E-state index is 11.9. The van der Waals surface area contributed by atoms with Crippen LogP contribution in [0.25, 0.3) is 28.6 Å². The molecule has 0 N–H and O–H groups in total. The highest BCUT2D eigenvalue weighted by atomic mass is 79.9. The topological polar surface area (TPSA) is 105 Å². The zero-order valence-corrected chi connectivity index (χ0v) is 20.1. The number of aromatic nitrogens is 3. The van der Waals surface area contributed by atoms with Crippen LogP contribution >= 0.6 is 15.9 Å². The molecule has 10 heteroatoms. The smallest absolute Gasteiger partial charge is 0.425 e. The van der Waals surface area contributed by atoms with Gasteiger partial charge in [0.25, 0.3) is 5.89 Å². The van der Waals surface area contributed by atoms with Crippen molar-refractivity contribution in [3.8, 4) is 34.2 Å². The van der Waals surface area contributed by atoms with Crippen molar-refractivity contribution in [2.75, 3.05) is 13.7 Å². The van der Waals surface area contributed by atoms with Crippen LogP contribution in [0.2, 0.25) is 0 Å². The molecule has 0 atom stereocenters. The second-order valence-corrected chi connectivity index (χ2v) is 8.26. The van der Waals surface area contributed by atoms with Gasteiger partial charge < -0.3 is 24.0 Å². The lowest BCUT2D eigenvalue weighted by atomic mass is 10.0. The molecule has 2 aromatic heterocycles. The molecule has 33 heavy (non-hydrogen) atoms. The summed E-state index contributed by atoms with van der Waals surface area (Å²) in [5, 5.41) is 16.3. The van der Waals surface area contributed by atoms with E-state index in [1.807, 2.05) is 13.0 Å². The monoisotopic (exact) mass is 514 g/mol. The Labute approximate surface area is 198 Å². The summed E-state index contributed by atoms with van der Waals surface area (Å²) in [6.07, 6.45) is 2.83. The quantitative estimate of drug-likeness (QED) is 0.197. The Hall–Kier alpha value is -3.40. The highest BCUT2D eigenvalue weighted by Crippen LogP contribution is 2.38. The molecule has 0 radical (unpaired) electrons. The molecule has 0 saturated heterocycles. The second-order valence-electron chi connectivity index (χ2n) is 7.35. The predicted molar refractivity (Wildman–Crippen MR) is 127 cm³/mol. The van der Waals surface area contributed by atoms with Gasteiger partial charge in [-0.2, -0.15) is 4.98 Å². The van der Waals surface area contributed by atoms with Crippen LogP contribution in [0, 0.1) is 10.1 Å². The molecule has 4 aromatic rings. The first-order valence-electron chi connectivity index (χ1n) is 10.6. The van der Waals surface area contributed by atoms with Crippen molar-refractivity contribution in [3.05, 3.63) is 56.5 Å². The van der Waals surface area contributed by atoms with E-state index in [4.69, 9.17) is 13.9 Å². The molecule has 0 aliphatic heterocycles. The SMILES string of the molecule is CCCCc1cc(-c2nn3c([N+](=O)[O-])c(-c4ccc(Br)cc4)nc3o2)c(OCC)cc1OC. The van der Waals surface area contributed by atoms with Crippen LogP contribution < -0.4 is 9.47 Å². The Balaban J connectivity index is 1.86. The number of halogens is 1. The summed E-state index contributed by atoms with van der Waals surface area (Å²) in [5.74, 6) is 1.19. The van der Waals surface area contributed by atoms with Gasteiger partial charge in [0.2, 0.25) is 0 Å². The average molecular weight is 515 g/mol. The Morgan fingerprint density at radius 2 is 1.94 bits per heavy atom. The summed E-state index contributed by atoms with van der Waals surface area (Å²) < 4.78 is 19.2. The van der Waals surface area contributed by atoms with Crippen molar-refractivity contribution in [2.24, 2.45) is 0 Å². The Bertz CT molecular complexity index is 1300. The maximum Gasteiger partial charge on any atom is 0.425 e. The van der Waals surface area contributed by atoms with Crippen LogP contribution in [0.15, 0.2) is 45.3 Å². The fourth-order valence-corrected chi connectivity index (χ4v) is 3.88. The van der Waals surface area contributed by atoms with Crippen LogP contribution in [0.3, 0.4) is 0 Å². The molecule has 172 valence electrons. The number of unbranched alkanes of at least 4 members (excludes halogenated alkanes) is 1. The van der Waals surface area contributed by atoms with Crippen LogP contribution in [0.1, 0.15) is 32.3 Å². The molecule has 0 aliphatic carbocycles. The van der Waals surface area contributed by atoms with E-state index in [0.717, 1.165) is 39.6 Å². The van der Waals surface area contributed by atoms with Crippen LogP contribution in [-0.4, -0.2) is 33.2 Å². The molecule has 9 nitrogen and oxygen atoms in total. The summed E-state index contributed by atoms with van der Waals surface area (Å²) in [5.41, 5.74) is 2.36. The fraction of sp³-hybridized carbons (Fsp3) is 0.304. The number of hydrogen-bond acceptors (Lipinski definition) is 7. The highest BCUT2D eigenvalue weighted by Gasteiger charge is 2.30. The van der Waals surface area contributed by atoms with Gasteiger partial charge in [0.15, 0.2) is 5.69 Å². The number of hydrogen-bond donors (Lipinski definition) is 0. The normalized spacial score (nSPS) is 11.2. The number of ether oxygens (including phenoxy) is 2.